The van der Waals surface area contributed by atoms with Gasteiger partial charge in [-0.25, -0.2) is 4.98 Å². The fourth-order valence-corrected chi connectivity index (χ4v) is 3.94. The van der Waals surface area contributed by atoms with Crippen molar-refractivity contribution in [2.45, 2.75) is 0 Å². The van der Waals surface area contributed by atoms with Crippen LogP contribution < -0.4 is 5.32 Å². The van der Waals surface area contributed by atoms with Gasteiger partial charge in [-0.3, -0.25) is 4.79 Å². The molecule has 31 heavy (non-hydrogen) atoms. The monoisotopic (exact) mass is 516 g/mol. The number of nitrogens with one attached hydrogen (secondary N) is 1. The fraction of sp³-hybridized carbons (Fsp3) is 0. The van der Waals surface area contributed by atoms with Gasteiger partial charge in [0.1, 0.15) is 5.52 Å². The van der Waals surface area contributed by atoms with Crippen LogP contribution in [0.1, 0.15) is 10.4 Å². The average molecular weight is 516 g/mol. The van der Waals surface area contributed by atoms with Crippen LogP contribution in [0, 0.1) is 3.57 Å². The number of aromatic nitrogens is 1. The molecule has 5 aromatic rings. The number of hydrogen-bond donors (Lipinski definition) is 1. The highest BCUT2D eigenvalue weighted by atomic mass is 127. The quantitative estimate of drug-likeness (QED) is 0.261. The molecule has 0 aliphatic heterocycles. The lowest BCUT2D eigenvalue weighted by atomic mass is 10.0. The second kappa shape index (κ2) is 8.35. The van der Waals surface area contributed by atoms with Crippen LogP contribution in [-0.2, 0) is 0 Å². The summed E-state index contributed by atoms with van der Waals surface area (Å²) in [4.78, 5) is 17.3. The van der Waals surface area contributed by atoms with Gasteiger partial charge in [0, 0.05) is 20.4 Å². The molecular formula is C26H17IN2O2. The van der Waals surface area contributed by atoms with Crippen molar-refractivity contribution in [3.63, 3.8) is 0 Å². The summed E-state index contributed by atoms with van der Waals surface area (Å²) in [5.74, 6) is 0.397. The first kappa shape index (κ1) is 19.5. The maximum absolute atomic E-state index is 12.7. The van der Waals surface area contributed by atoms with Crippen LogP contribution in [0.25, 0.3) is 33.7 Å². The molecule has 1 N–H and O–H groups in total. The Labute approximate surface area is 193 Å². The van der Waals surface area contributed by atoms with E-state index in [1.54, 1.807) is 0 Å². The number of rotatable bonds is 4. The molecule has 0 aliphatic carbocycles. The number of halogens is 1. The first-order chi connectivity index (χ1) is 15.2. The summed E-state index contributed by atoms with van der Waals surface area (Å²) in [5.41, 5.74) is 5.77. The lowest BCUT2D eigenvalue weighted by Crippen LogP contribution is -2.11. The van der Waals surface area contributed by atoms with Crippen molar-refractivity contribution in [2.24, 2.45) is 0 Å². The van der Waals surface area contributed by atoms with E-state index in [9.17, 15) is 4.79 Å². The molecule has 1 amide bonds. The van der Waals surface area contributed by atoms with Crippen LogP contribution >= 0.6 is 22.6 Å². The summed E-state index contributed by atoms with van der Waals surface area (Å²) in [6.07, 6.45) is 0. The van der Waals surface area contributed by atoms with Gasteiger partial charge in [0.2, 0.25) is 5.89 Å². The predicted octanol–water partition coefficient (Wildman–Crippen LogP) is 7.02. The Morgan fingerprint density at radius 1 is 0.774 bits per heavy atom. The Kier molecular flexibility index (Phi) is 5.26. The molecule has 0 aliphatic rings. The van der Waals surface area contributed by atoms with Gasteiger partial charge >= 0.3 is 0 Å². The van der Waals surface area contributed by atoms with Crippen LogP contribution in [0.2, 0.25) is 0 Å². The third-order valence-electron chi connectivity index (χ3n) is 4.97. The molecule has 0 spiro atoms. The van der Waals surface area contributed by atoms with Crippen molar-refractivity contribution in [1.82, 2.24) is 4.98 Å². The van der Waals surface area contributed by atoms with Gasteiger partial charge in [0.25, 0.3) is 5.91 Å². The molecule has 0 saturated carbocycles. The SMILES string of the molecule is O=C(Nc1ccc2oc(-c3cccc(I)c3)nc2c1)c1ccc(-c2ccccc2)cc1. The van der Waals surface area contributed by atoms with Crippen molar-refractivity contribution in [3.05, 3.63) is 106 Å². The summed E-state index contributed by atoms with van der Waals surface area (Å²) in [6.45, 7) is 0. The van der Waals surface area contributed by atoms with E-state index in [4.69, 9.17) is 4.42 Å². The molecule has 0 atom stereocenters. The maximum Gasteiger partial charge on any atom is 0.255 e. The number of fused-ring (bicyclic) bond motifs is 1. The molecule has 5 heteroatoms. The number of amides is 1. The molecule has 4 aromatic carbocycles. The molecule has 1 heterocycles. The fourth-order valence-electron chi connectivity index (χ4n) is 3.40. The van der Waals surface area contributed by atoms with Gasteiger partial charge in [0.15, 0.2) is 5.58 Å². The zero-order chi connectivity index (χ0) is 21.2. The molecule has 0 unspecified atom stereocenters. The largest absolute Gasteiger partial charge is 0.436 e. The smallest absolute Gasteiger partial charge is 0.255 e. The second-order valence-electron chi connectivity index (χ2n) is 7.11. The van der Waals surface area contributed by atoms with Crippen LogP contribution in [0.15, 0.2) is 101 Å². The highest BCUT2D eigenvalue weighted by Crippen LogP contribution is 2.27. The number of nitrogens with zero attached hydrogens (tertiary/aromatic N) is 1. The van der Waals surface area contributed by atoms with E-state index in [1.807, 2.05) is 97.1 Å². The zero-order valence-electron chi connectivity index (χ0n) is 16.4. The molecule has 1 aromatic heterocycles. The van der Waals surface area contributed by atoms with E-state index in [2.05, 4.69) is 32.9 Å². The highest BCUT2D eigenvalue weighted by molar-refractivity contribution is 14.1. The van der Waals surface area contributed by atoms with Crippen molar-refractivity contribution < 1.29 is 9.21 Å². The summed E-state index contributed by atoms with van der Waals surface area (Å²) in [6, 6.07) is 31.1. The standard InChI is InChI=1S/C26H17IN2O2/c27-21-8-4-7-20(15-21)26-29-23-16-22(13-14-24(23)31-26)28-25(30)19-11-9-18(10-12-19)17-5-2-1-3-6-17/h1-16H,(H,28,30). The third-order valence-corrected chi connectivity index (χ3v) is 5.64. The normalized spacial score (nSPS) is 10.9. The van der Waals surface area contributed by atoms with Crippen molar-refractivity contribution in [2.75, 3.05) is 5.32 Å². The van der Waals surface area contributed by atoms with Gasteiger partial charge in [0.05, 0.1) is 0 Å². The number of oxazole rings is 1. The molecule has 0 fully saturated rings. The maximum atomic E-state index is 12.7. The highest BCUT2D eigenvalue weighted by Gasteiger charge is 2.11. The van der Waals surface area contributed by atoms with Crippen LogP contribution in [0.3, 0.4) is 0 Å². The van der Waals surface area contributed by atoms with Crippen LogP contribution in [0.4, 0.5) is 5.69 Å². The van der Waals surface area contributed by atoms with Gasteiger partial charge in [-0.2, -0.15) is 0 Å². The number of anilines is 1. The lowest BCUT2D eigenvalue weighted by Gasteiger charge is -2.06. The second-order valence-corrected chi connectivity index (χ2v) is 8.36. The Hall–Kier alpha value is -3.45. The van der Waals surface area contributed by atoms with Crippen LogP contribution in [0.5, 0.6) is 0 Å². The minimum absolute atomic E-state index is 0.166. The van der Waals surface area contributed by atoms with Crippen LogP contribution in [-0.4, -0.2) is 10.9 Å². The van der Waals surface area contributed by atoms with E-state index >= 15 is 0 Å². The topological polar surface area (TPSA) is 55.1 Å². The number of carbonyl (C=O) groups is 1. The summed E-state index contributed by atoms with van der Waals surface area (Å²) < 4.78 is 7.00. The average Bonchev–Trinajstić information content (AvgIpc) is 3.23. The Balaban J connectivity index is 1.35. The Bertz CT molecular complexity index is 1380. The first-order valence-electron chi connectivity index (χ1n) is 9.79. The van der Waals surface area contributed by atoms with E-state index in [0.29, 0.717) is 28.2 Å². The minimum atomic E-state index is -0.166. The minimum Gasteiger partial charge on any atom is -0.436 e. The summed E-state index contributed by atoms with van der Waals surface area (Å²) in [5, 5.41) is 2.95. The van der Waals surface area contributed by atoms with E-state index < -0.39 is 0 Å². The molecule has 150 valence electrons. The predicted molar refractivity (Wildman–Crippen MR) is 132 cm³/mol. The third kappa shape index (κ3) is 4.22. The van der Waals surface area contributed by atoms with Gasteiger partial charge in [-0.15, -0.1) is 0 Å². The molecular weight excluding hydrogens is 499 g/mol. The van der Waals surface area contributed by atoms with Crippen molar-refractivity contribution in [3.8, 4) is 22.6 Å². The van der Waals surface area contributed by atoms with Gasteiger partial charge < -0.3 is 9.73 Å². The van der Waals surface area contributed by atoms with E-state index in [1.165, 1.54) is 0 Å². The molecule has 0 saturated heterocycles. The molecule has 5 rings (SSSR count). The Morgan fingerprint density at radius 3 is 2.29 bits per heavy atom. The summed E-state index contributed by atoms with van der Waals surface area (Å²) in [7, 11) is 0. The van der Waals surface area contributed by atoms with Gasteiger partial charge in [-0.05, 0) is 82.2 Å². The first-order valence-corrected chi connectivity index (χ1v) is 10.9. The van der Waals surface area contributed by atoms with Crippen molar-refractivity contribution in [1.29, 1.82) is 0 Å². The molecule has 0 radical (unpaired) electrons. The lowest BCUT2D eigenvalue weighted by molar-refractivity contribution is 0.102. The van der Waals surface area contributed by atoms with E-state index in [0.717, 1.165) is 20.3 Å². The molecule has 4 nitrogen and oxygen atoms in total. The molecule has 0 bridgehead atoms. The summed E-state index contributed by atoms with van der Waals surface area (Å²) >= 11 is 2.26. The number of benzene rings is 4. The van der Waals surface area contributed by atoms with Gasteiger partial charge in [-0.1, -0.05) is 48.5 Å². The Morgan fingerprint density at radius 2 is 1.52 bits per heavy atom. The number of carbonyl (C=O) groups excluding carboxylic acids is 1. The zero-order valence-corrected chi connectivity index (χ0v) is 18.5. The van der Waals surface area contributed by atoms with Crippen molar-refractivity contribution >= 4 is 45.3 Å². The number of hydrogen-bond acceptors (Lipinski definition) is 3. The van der Waals surface area contributed by atoms with E-state index in [-0.39, 0.29) is 5.91 Å².